The molecular weight excluding hydrogens is 431 g/mol. The fourth-order valence-electron chi connectivity index (χ4n) is 4.18. The number of anilines is 1. The highest BCUT2D eigenvalue weighted by atomic mass is 19.1. The van der Waals surface area contributed by atoms with E-state index in [4.69, 9.17) is 9.47 Å². The third kappa shape index (κ3) is 4.21. The Morgan fingerprint density at radius 3 is 2.73 bits per heavy atom. The molecule has 3 aromatic rings. The van der Waals surface area contributed by atoms with Crippen LogP contribution in [0.4, 0.5) is 15.1 Å². The molecule has 10 nitrogen and oxygen atoms in total. The van der Waals surface area contributed by atoms with Gasteiger partial charge in [0.25, 0.3) is 0 Å². The van der Waals surface area contributed by atoms with Crippen molar-refractivity contribution in [3.8, 4) is 0 Å². The van der Waals surface area contributed by atoms with Gasteiger partial charge in [-0.05, 0) is 24.1 Å². The van der Waals surface area contributed by atoms with Crippen LogP contribution in [0, 0.1) is 5.82 Å². The molecule has 0 spiro atoms. The van der Waals surface area contributed by atoms with Gasteiger partial charge in [-0.3, -0.25) is 4.57 Å². The maximum atomic E-state index is 13.2. The Bertz CT molecular complexity index is 1220. The Morgan fingerprint density at radius 1 is 1.21 bits per heavy atom. The maximum absolute atomic E-state index is 13.2. The number of carbonyl (C=O) groups is 1. The van der Waals surface area contributed by atoms with Crippen LogP contribution < -0.4 is 10.6 Å². The number of aryl methyl sites for hydroxylation is 1. The van der Waals surface area contributed by atoms with Gasteiger partial charge in [0.2, 0.25) is 5.95 Å². The Hall–Kier alpha value is -3.31. The number of rotatable bonds is 4. The van der Waals surface area contributed by atoms with E-state index in [9.17, 15) is 14.0 Å². The molecular formula is C22H25FN6O4. The van der Waals surface area contributed by atoms with E-state index in [2.05, 4.69) is 9.97 Å². The number of likely N-dealkylation sites (tertiary alicyclic amines) is 1. The van der Waals surface area contributed by atoms with Crippen LogP contribution in [0.1, 0.15) is 12.0 Å². The van der Waals surface area contributed by atoms with Crippen molar-refractivity contribution in [3.63, 3.8) is 0 Å². The van der Waals surface area contributed by atoms with Crippen molar-refractivity contribution < 1.29 is 18.7 Å². The second-order valence-electron chi connectivity index (χ2n) is 8.23. The van der Waals surface area contributed by atoms with E-state index in [-0.39, 0.29) is 11.9 Å². The van der Waals surface area contributed by atoms with Crippen LogP contribution in [-0.4, -0.2) is 75.5 Å². The molecule has 2 aliphatic heterocycles. The number of ether oxygens (including phenoxy) is 2. The SMILES string of the molecule is Cn1c(=O)n(C(=O)N2CC[C@H](OCc3ccc(F)cc3)C2)c2cnc(N3CCOCC3)nc21. The standard InChI is InChI=1S/C22H25FN6O4/c1-26-19-18(12-24-20(25-19)27-8-10-32-11-9-27)29(21(26)30)22(31)28-7-6-17(13-28)33-14-15-2-4-16(23)5-3-15/h2-5,12,17H,6-11,13-14H2,1H3/t17-/m0/s1. The predicted octanol–water partition coefficient (Wildman–Crippen LogP) is 1.36. The average Bonchev–Trinajstić information content (AvgIpc) is 3.42. The van der Waals surface area contributed by atoms with Gasteiger partial charge < -0.3 is 19.3 Å². The lowest BCUT2D eigenvalue weighted by atomic mass is 10.2. The summed E-state index contributed by atoms with van der Waals surface area (Å²) in [6, 6.07) is 5.72. The molecule has 0 bridgehead atoms. The lowest BCUT2D eigenvalue weighted by molar-refractivity contribution is 0.0487. The number of nitrogens with zero attached hydrogens (tertiary/aromatic N) is 6. The predicted molar refractivity (Wildman–Crippen MR) is 118 cm³/mol. The maximum Gasteiger partial charge on any atom is 0.338 e. The molecule has 2 aromatic heterocycles. The summed E-state index contributed by atoms with van der Waals surface area (Å²) < 4.78 is 26.8. The van der Waals surface area contributed by atoms with E-state index >= 15 is 0 Å². The highest BCUT2D eigenvalue weighted by molar-refractivity contribution is 5.88. The summed E-state index contributed by atoms with van der Waals surface area (Å²) in [4.78, 5) is 38.7. The third-order valence-electron chi connectivity index (χ3n) is 6.07. The fourth-order valence-corrected chi connectivity index (χ4v) is 4.18. The number of imidazole rings is 1. The van der Waals surface area contributed by atoms with Crippen molar-refractivity contribution in [3.05, 3.63) is 52.3 Å². The molecule has 0 saturated carbocycles. The zero-order valence-corrected chi connectivity index (χ0v) is 18.3. The van der Waals surface area contributed by atoms with Gasteiger partial charge in [-0.2, -0.15) is 4.98 Å². The fraction of sp³-hybridized carbons (Fsp3) is 0.455. The zero-order chi connectivity index (χ0) is 22.9. The van der Waals surface area contributed by atoms with Crippen molar-refractivity contribution in [2.24, 2.45) is 7.05 Å². The lowest BCUT2D eigenvalue weighted by Crippen LogP contribution is -2.39. The number of morpholine rings is 1. The first-order valence-corrected chi connectivity index (χ1v) is 10.9. The second kappa shape index (κ2) is 8.91. The smallest absolute Gasteiger partial charge is 0.338 e. The summed E-state index contributed by atoms with van der Waals surface area (Å²) in [5.41, 5.74) is 1.19. The largest absolute Gasteiger partial charge is 0.378 e. The average molecular weight is 456 g/mol. The molecule has 174 valence electrons. The Labute approximate surface area is 189 Å². The minimum absolute atomic E-state index is 0.158. The molecule has 1 aromatic carbocycles. The molecule has 2 saturated heterocycles. The molecule has 0 N–H and O–H groups in total. The lowest BCUT2D eigenvalue weighted by Gasteiger charge is -2.26. The summed E-state index contributed by atoms with van der Waals surface area (Å²) >= 11 is 0. The highest BCUT2D eigenvalue weighted by Crippen LogP contribution is 2.19. The number of carbonyl (C=O) groups excluding carboxylic acids is 1. The summed E-state index contributed by atoms with van der Waals surface area (Å²) in [5, 5.41) is 0. The van der Waals surface area contributed by atoms with E-state index in [0.29, 0.717) is 69.5 Å². The number of hydrogen-bond donors (Lipinski definition) is 0. The first kappa shape index (κ1) is 21.5. The molecule has 5 rings (SSSR count). The van der Waals surface area contributed by atoms with E-state index in [0.717, 1.165) is 10.1 Å². The van der Waals surface area contributed by atoms with Gasteiger partial charge in [-0.1, -0.05) is 12.1 Å². The van der Waals surface area contributed by atoms with Crippen LogP contribution in [0.5, 0.6) is 0 Å². The van der Waals surface area contributed by atoms with Gasteiger partial charge in [0.1, 0.15) is 11.3 Å². The molecule has 1 atom stereocenters. The van der Waals surface area contributed by atoms with Gasteiger partial charge in [-0.25, -0.2) is 23.5 Å². The van der Waals surface area contributed by atoms with Crippen molar-refractivity contribution in [2.75, 3.05) is 44.3 Å². The normalized spacial score (nSPS) is 18.9. The molecule has 2 fully saturated rings. The molecule has 0 aliphatic carbocycles. The van der Waals surface area contributed by atoms with Crippen molar-refractivity contribution in [2.45, 2.75) is 19.1 Å². The number of halogens is 1. The van der Waals surface area contributed by atoms with Gasteiger partial charge >= 0.3 is 11.7 Å². The minimum Gasteiger partial charge on any atom is -0.378 e. The molecule has 33 heavy (non-hydrogen) atoms. The van der Waals surface area contributed by atoms with Crippen LogP contribution in [0.25, 0.3) is 11.2 Å². The van der Waals surface area contributed by atoms with Crippen LogP contribution in [0.2, 0.25) is 0 Å². The first-order valence-electron chi connectivity index (χ1n) is 10.9. The minimum atomic E-state index is -0.459. The van der Waals surface area contributed by atoms with Gasteiger partial charge in [0.15, 0.2) is 5.65 Å². The molecule has 0 unspecified atom stereocenters. The quantitative estimate of drug-likeness (QED) is 0.585. The van der Waals surface area contributed by atoms with Crippen molar-refractivity contribution in [1.82, 2.24) is 24.0 Å². The topological polar surface area (TPSA) is 94.7 Å². The molecule has 2 aliphatic rings. The van der Waals surface area contributed by atoms with Crippen LogP contribution in [0.3, 0.4) is 0 Å². The van der Waals surface area contributed by atoms with Gasteiger partial charge in [-0.15, -0.1) is 0 Å². The molecule has 1 amide bonds. The van der Waals surface area contributed by atoms with Gasteiger partial charge in [0.05, 0.1) is 32.1 Å². The van der Waals surface area contributed by atoms with Crippen molar-refractivity contribution >= 4 is 23.1 Å². The monoisotopic (exact) mass is 456 g/mol. The van der Waals surface area contributed by atoms with Crippen LogP contribution in [-0.2, 0) is 23.1 Å². The summed E-state index contributed by atoms with van der Waals surface area (Å²) in [6.07, 6.45) is 2.03. The molecule has 11 heteroatoms. The van der Waals surface area contributed by atoms with Crippen LogP contribution in [0.15, 0.2) is 35.3 Å². The highest BCUT2D eigenvalue weighted by Gasteiger charge is 2.31. The van der Waals surface area contributed by atoms with E-state index in [1.807, 2.05) is 4.90 Å². The Morgan fingerprint density at radius 2 is 1.97 bits per heavy atom. The van der Waals surface area contributed by atoms with E-state index in [1.54, 1.807) is 24.1 Å². The summed E-state index contributed by atoms with van der Waals surface area (Å²) in [5.74, 6) is 0.222. The van der Waals surface area contributed by atoms with Crippen molar-refractivity contribution in [1.29, 1.82) is 0 Å². The number of amides is 1. The Kier molecular flexibility index (Phi) is 5.81. The first-order chi connectivity index (χ1) is 16.0. The van der Waals surface area contributed by atoms with Crippen LogP contribution >= 0.6 is 0 Å². The number of aromatic nitrogens is 4. The molecule has 0 radical (unpaired) electrons. The second-order valence-corrected chi connectivity index (χ2v) is 8.23. The molecule has 4 heterocycles. The van der Waals surface area contributed by atoms with E-state index in [1.165, 1.54) is 22.9 Å². The number of benzene rings is 1. The number of fused-ring (bicyclic) bond motifs is 1. The number of hydrogen-bond acceptors (Lipinski definition) is 7. The van der Waals surface area contributed by atoms with Gasteiger partial charge in [0, 0.05) is 33.2 Å². The summed E-state index contributed by atoms with van der Waals surface area (Å²) in [7, 11) is 1.60. The third-order valence-corrected chi connectivity index (χ3v) is 6.07. The Balaban J connectivity index is 1.31. The summed E-state index contributed by atoms with van der Waals surface area (Å²) in [6.45, 7) is 3.72. The van der Waals surface area contributed by atoms with E-state index < -0.39 is 11.7 Å². The zero-order valence-electron chi connectivity index (χ0n) is 18.3.